The molecule has 1 N–H and O–H groups in total. The van der Waals surface area contributed by atoms with Crippen LogP contribution in [0.1, 0.15) is 22.2 Å². The first kappa shape index (κ1) is 16.3. The number of hydrogen-bond donors (Lipinski definition) is 1. The zero-order valence-electron chi connectivity index (χ0n) is 13.7. The molecule has 2 aromatic carbocycles. The Hall–Kier alpha value is -2.15. The van der Waals surface area contributed by atoms with Crippen LogP contribution >= 0.6 is 11.3 Å². The first-order chi connectivity index (χ1) is 12.1. The van der Waals surface area contributed by atoms with Gasteiger partial charge in [-0.05, 0) is 36.1 Å². The number of anilines is 1. The van der Waals surface area contributed by atoms with Crippen molar-refractivity contribution < 1.29 is 8.42 Å². The van der Waals surface area contributed by atoms with Crippen LogP contribution in [0.4, 0.5) is 5.69 Å². The van der Waals surface area contributed by atoms with Crippen molar-refractivity contribution in [1.29, 1.82) is 0 Å². The Bertz CT molecular complexity index is 998. The highest BCUT2D eigenvalue weighted by Crippen LogP contribution is 2.39. The first-order valence-electron chi connectivity index (χ1n) is 8.02. The number of fused-ring (bicyclic) bond motifs is 1. The van der Waals surface area contributed by atoms with Crippen molar-refractivity contribution >= 4 is 27.0 Å². The van der Waals surface area contributed by atoms with Gasteiger partial charge in [-0.2, -0.15) is 4.31 Å². The smallest absolute Gasteiger partial charge is 0.247 e. The highest BCUT2D eigenvalue weighted by Gasteiger charge is 2.38. The van der Waals surface area contributed by atoms with Gasteiger partial charge in [0.15, 0.2) is 0 Å². The summed E-state index contributed by atoms with van der Waals surface area (Å²) in [5.74, 6) is 0. The zero-order valence-corrected chi connectivity index (χ0v) is 15.3. The summed E-state index contributed by atoms with van der Waals surface area (Å²) in [6.45, 7) is 2.36. The van der Waals surface area contributed by atoms with Crippen molar-refractivity contribution in [2.45, 2.75) is 24.5 Å². The summed E-state index contributed by atoms with van der Waals surface area (Å²) < 4.78 is 28.1. The molecule has 4 nitrogen and oxygen atoms in total. The van der Waals surface area contributed by atoms with E-state index in [2.05, 4.69) is 5.32 Å². The molecule has 1 aliphatic heterocycles. The number of nitrogens with one attached hydrogen (secondary N) is 1. The number of aryl methyl sites for hydroxylation is 1. The van der Waals surface area contributed by atoms with E-state index in [9.17, 15) is 8.42 Å². The van der Waals surface area contributed by atoms with E-state index in [-0.39, 0.29) is 0 Å². The fraction of sp³-hybridized carbons (Fsp3) is 0.158. The molecule has 1 atom stereocenters. The van der Waals surface area contributed by atoms with Gasteiger partial charge in [-0.3, -0.25) is 0 Å². The molecule has 0 saturated heterocycles. The van der Waals surface area contributed by atoms with Crippen molar-refractivity contribution in [2.75, 3.05) is 5.32 Å². The van der Waals surface area contributed by atoms with Crippen molar-refractivity contribution in [3.05, 3.63) is 82.0 Å². The van der Waals surface area contributed by atoms with Crippen molar-refractivity contribution in [3.63, 3.8) is 0 Å². The molecular formula is C19H18N2O2S2. The summed E-state index contributed by atoms with van der Waals surface area (Å²) in [4.78, 5) is 1.35. The number of nitrogens with zero attached hydrogens (tertiary/aromatic N) is 1. The van der Waals surface area contributed by atoms with Gasteiger partial charge in [0.05, 0.1) is 12.2 Å². The molecule has 0 fully saturated rings. The third-order valence-corrected chi connectivity index (χ3v) is 7.03. The van der Waals surface area contributed by atoms with E-state index in [4.69, 9.17) is 0 Å². The van der Waals surface area contributed by atoms with Gasteiger partial charge in [0.25, 0.3) is 0 Å². The van der Waals surface area contributed by atoms with Crippen molar-refractivity contribution in [1.82, 2.24) is 4.31 Å². The minimum Gasteiger partial charge on any atom is -0.364 e. The van der Waals surface area contributed by atoms with E-state index in [1.807, 2.05) is 60.8 Å². The quantitative estimate of drug-likeness (QED) is 0.745. The fourth-order valence-electron chi connectivity index (χ4n) is 3.12. The maximum Gasteiger partial charge on any atom is 0.247 e. The van der Waals surface area contributed by atoms with Gasteiger partial charge in [-0.25, -0.2) is 8.42 Å². The topological polar surface area (TPSA) is 49.4 Å². The standard InChI is InChI=1S/C19H18N2O2S2/c1-14-6-4-7-15(12-14)19-20-17-9-2-3-10-18(17)25(22,23)21(19)13-16-8-5-11-24-16/h2-12,19-20H,13H2,1H3/t19-/m0/s1. The molecule has 0 aliphatic carbocycles. The minimum absolute atomic E-state index is 0.329. The van der Waals surface area contributed by atoms with Gasteiger partial charge in [0.1, 0.15) is 11.1 Å². The van der Waals surface area contributed by atoms with Crippen molar-refractivity contribution in [3.8, 4) is 0 Å². The highest BCUT2D eigenvalue weighted by atomic mass is 32.2. The average molecular weight is 370 g/mol. The molecule has 0 amide bonds. The van der Waals surface area contributed by atoms with E-state index < -0.39 is 16.2 Å². The number of para-hydroxylation sites is 1. The van der Waals surface area contributed by atoms with Crippen LogP contribution in [0.2, 0.25) is 0 Å². The fourth-order valence-corrected chi connectivity index (χ4v) is 5.57. The second-order valence-electron chi connectivity index (χ2n) is 6.09. The Morgan fingerprint density at radius 1 is 1.08 bits per heavy atom. The molecule has 0 unspecified atom stereocenters. The molecule has 3 aromatic rings. The van der Waals surface area contributed by atoms with Crippen LogP contribution in [0.15, 0.2) is 70.9 Å². The lowest BCUT2D eigenvalue weighted by Gasteiger charge is -2.37. The second kappa shape index (κ2) is 6.29. The SMILES string of the molecule is Cc1cccc([C@H]2Nc3ccccc3S(=O)(=O)N2Cc2cccs2)c1. The highest BCUT2D eigenvalue weighted by molar-refractivity contribution is 7.89. The van der Waals surface area contributed by atoms with Crippen LogP contribution in [0.5, 0.6) is 0 Å². The Balaban J connectivity index is 1.85. The molecule has 0 saturated carbocycles. The van der Waals surface area contributed by atoms with Crippen LogP contribution in [-0.4, -0.2) is 12.7 Å². The summed E-state index contributed by atoms with van der Waals surface area (Å²) in [7, 11) is -3.59. The molecule has 4 rings (SSSR count). The summed E-state index contributed by atoms with van der Waals surface area (Å²) in [5, 5.41) is 5.38. The lowest BCUT2D eigenvalue weighted by molar-refractivity contribution is 0.338. The number of sulfonamides is 1. The van der Waals surface area contributed by atoms with Gasteiger partial charge >= 0.3 is 0 Å². The maximum absolute atomic E-state index is 13.3. The van der Waals surface area contributed by atoms with E-state index in [0.29, 0.717) is 17.1 Å². The average Bonchev–Trinajstić information content (AvgIpc) is 3.11. The molecule has 25 heavy (non-hydrogen) atoms. The van der Waals surface area contributed by atoms with Gasteiger partial charge < -0.3 is 5.32 Å². The van der Waals surface area contributed by atoms with Crippen LogP contribution in [0.3, 0.4) is 0 Å². The largest absolute Gasteiger partial charge is 0.364 e. The van der Waals surface area contributed by atoms with Crippen LogP contribution in [0, 0.1) is 6.92 Å². The molecule has 128 valence electrons. The van der Waals surface area contributed by atoms with E-state index in [1.54, 1.807) is 27.8 Å². The first-order valence-corrected chi connectivity index (χ1v) is 10.3. The molecule has 0 bridgehead atoms. The molecule has 1 aromatic heterocycles. The number of rotatable bonds is 3. The van der Waals surface area contributed by atoms with E-state index in [0.717, 1.165) is 16.0 Å². The van der Waals surface area contributed by atoms with Crippen LogP contribution < -0.4 is 5.32 Å². The molecule has 0 radical (unpaired) electrons. The number of benzene rings is 2. The Labute approximate surface area is 151 Å². The van der Waals surface area contributed by atoms with Crippen LogP contribution in [0.25, 0.3) is 0 Å². The van der Waals surface area contributed by atoms with E-state index >= 15 is 0 Å². The Kier molecular flexibility index (Phi) is 4.11. The van der Waals surface area contributed by atoms with Gasteiger partial charge in [-0.15, -0.1) is 11.3 Å². The van der Waals surface area contributed by atoms with Gasteiger partial charge in [0.2, 0.25) is 10.0 Å². The monoisotopic (exact) mass is 370 g/mol. The normalized spacial score (nSPS) is 19.2. The lowest BCUT2D eigenvalue weighted by atomic mass is 10.1. The molecule has 6 heteroatoms. The van der Waals surface area contributed by atoms with Crippen molar-refractivity contribution in [2.24, 2.45) is 0 Å². The maximum atomic E-state index is 13.3. The number of hydrogen-bond acceptors (Lipinski definition) is 4. The minimum atomic E-state index is -3.59. The summed E-state index contributed by atoms with van der Waals surface area (Å²) in [6, 6.07) is 19.0. The zero-order chi connectivity index (χ0) is 17.4. The summed E-state index contributed by atoms with van der Waals surface area (Å²) in [6.07, 6.45) is -0.429. The molecular weight excluding hydrogens is 352 g/mol. The third-order valence-electron chi connectivity index (χ3n) is 4.30. The lowest BCUT2D eigenvalue weighted by Crippen LogP contribution is -2.42. The van der Waals surface area contributed by atoms with Gasteiger partial charge in [0, 0.05) is 4.88 Å². The molecule has 2 heterocycles. The Morgan fingerprint density at radius 3 is 2.68 bits per heavy atom. The predicted molar refractivity (Wildman–Crippen MR) is 101 cm³/mol. The molecule has 1 aliphatic rings. The third kappa shape index (κ3) is 2.97. The predicted octanol–water partition coefficient (Wildman–Crippen LogP) is 4.37. The molecule has 0 spiro atoms. The summed E-state index contributed by atoms with van der Waals surface area (Å²) in [5.41, 5.74) is 2.69. The summed E-state index contributed by atoms with van der Waals surface area (Å²) >= 11 is 1.57. The van der Waals surface area contributed by atoms with E-state index in [1.165, 1.54) is 0 Å². The number of thiophene rings is 1. The van der Waals surface area contributed by atoms with Crippen LogP contribution in [-0.2, 0) is 16.6 Å². The van der Waals surface area contributed by atoms with Gasteiger partial charge in [-0.1, -0.05) is 48.0 Å². The second-order valence-corrected chi connectivity index (χ2v) is 8.98. The Morgan fingerprint density at radius 2 is 1.92 bits per heavy atom.